The highest BCUT2D eigenvalue weighted by Crippen LogP contribution is 2.37. The molecule has 0 atom stereocenters. The molecule has 1 fully saturated rings. The van der Waals surface area contributed by atoms with Crippen LogP contribution in [-0.2, 0) is 0 Å². The number of nitrogens with zero attached hydrogens (tertiary/aromatic N) is 1. The molecule has 0 saturated heterocycles. The van der Waals surface area contributed by atoms with Gasteiger partial charge in [-0.15, -0.1) is 0 Å². The molecule has 1 aliphatic rings. The first-order valence-corrected chi connectivity index (χ1v) is 7.20. The van der Waals surface area contributed by atoms with Gasteiger partial charge in [0.2, 0.25) is 0 Å². The topological polar surface area (TPSA) is 22.1 Å². The van der Waals surface area contributed by atoms with Crippen molar-refractivity contribution in [3.05, 3.63) is 21.9 Å². The van der Waals surface area contributed by atoms with Crippen molar-refractivity contribution in [1.82, 2.24) is 4.98 Å². The van der Waals surface area contributed by atoms with E-state index < -0.39 is 0 Å². The summed E-state index contributed by atoms with van der Waals surface area (Å²) in [5.41, 5.74) is 0.313. The van der Waals surface area contributed by atoms with Crippen LogP contribution in [0.15, 0.2) is 16.7 Å². The van der Waals surface area contributed by atoms with Crippen LogP contribution >= 0.6 is 27.5 Å². The SMILES string of the molecule is CC1(COc2cc(Cl)ncc2Br)CCCCC1. The average Bonchev–Trinajstić information content (AvgIpc) is 2.31. The van der Waals surface area contributed by atoms with E-state index in [9.17, 15) is 0 Å². The van der Waals surface area contributed by atoms with Crippen molar-refractivity contribution in [2.24, 2.45) is 5.41 Å². The van der Waals surface area contributed by atoms with Crippen LogP contribution in [0.25, 0.3) is 0 Å². The van der Waals surface area contributed by atoms with Crippen LogP contribution in [0.2, 0.25) is 5.15 Å². The molecule has 1 aromatic rings. The van der Waals surface area contributed by atoms with E-state index in [0.717, 1.165) is 16.8 Å². The first kappa shape index (κ1) is 13.2. The summed E-state index contributed by atoms with van der Waals surface area (Å²) in [7, 11) is 0. The lowest BCUT2D eigenvalue weighted by atomic mass is 9.76. The molecule has 0 N–H and O–H groups in total. The second kappa shape index (κ2) is 5.57. The van der Waals surface area contributed by atoms with Crippen LogP contribution in [-0.4, -0.2) is 11.6 Å². The van der Waals surface area contributed by atoms with E-state index in [4.69, 9.17) is 16.3 Å². The van der Waals surface area contributed by atoms with Crippen molar-refractivity contribution in [3.8, 4) is 5.75 Å². The molecule has 0 spiro atoms. The largest absolute Gasteiger partial charge is 0.492 e. The number of ether oxygens (including phenoxy) is 1. The zero-order valence-electron chi connectivity index (χ0n) is 10.0. The summed E-state index contributed by atoms with van der Waals surface area (Å²) >= 11 is 9.29. The lowest BCUT2D eigenvalue weighted by molar-refractivity contribution is 0.115. The van der Waals surface area contributed by atoms with Crippen molar-refractivity contribution in [3.63, 3.8) is 0 Å². The minimum Gasteiger partial charge on any atom is -0.492 e. The molecular formula is C13H17BrClNO. The van der Waals surface area contributed by atoms with Crippen LogP contribution in [0.4, 0.5) is 0 Å². The Labute approximate surface area is 116 Å². The van der Waals surface area contributed by atoms with Gasteiger partial charge in [0.15, 0.2) is 0 Å². The first-order chi connectivity index (χ1) is 8.09. The van der Waals surface area contributed by atoms with Gasteiger partial charge in [0.1, 0.15) is 10.9 Å². The Morgan fingerprint density at radius 3 is 2.82 bits per heavy atom. The van der Waals surface area contributed by atoms with Crippen LogP contribution in [0.1, 0.15) is 39.0 Å². The van der Waals surface area contributed by atoms with Gasteiger partial charge in [-0.3, -0.25) is 0 Å². The molecule has 1 aliphatic carbocycles. The Kier molecular flexibility index (Phi) is 4.31. The van der Waals surface area contributed by atoms with E-state index in [2.05, 4.69) is 27.8 Å². The molecule has 0 bridgehead atoms. The molecule has 0 radical (unpaired) electrons. The van der Waals surface area contributed by atoms with Gasteiger partial charge in [0, 0.05) is 17.7 Å². The Bertz CT molecular complexity index is 391. The van der Waals surface area contributed by atoms with E-state index in [1.807, 2.05) is 0 Å². The maximum Gasteiger partial charge on any atom is 0.138 e. The molecule has 0 aromatic carbocycles. The second-order valence-corrected chi connectivity index (χ2v) is 6.34. The Morgan fingerprint density at radius 1 is 1.41 bits per heavy atom. The van der Waals surface area contributed by atoms with Crippen LogP contribution in [0, 0.1) is 5.41 Å². The summed E-state index contributed by atoms with van der Waals surface area (Å²) in [5, 5.41) is 0.469. The molecule has 1 heterocycles. The molecule has 0 aliphatic heterocycles. The molecule has 1 saturated carbocycles. The molecule has 1 aromatic heterocycles. The highest BCUT2D eigenvalue weighted by atomic mass is 79.9. The van der Waals surface area contributed by atoms with Gasteiger partial charge in [0.25, 0.3) is 0 Å². The van der Waals surface area contributed by atoms with E-state index in [1.54, 1.807) is 12.3 Å². The van der Waals surface area contributed by atoms with Gasteiger partial charge in [0.05, 0.1) is 11.1 Å². The highest BCUT2D eigenvalue weighted by Gasteiger charge is 2.27. The van der Waals surface area contributed by atoms with Crippen LogP contribution < -0.4 is 4.74 Å². The zero-order chi connectivity index (χ0) is 12.3. The molecule has 2 rings (SSSR count). The zero-order valence-corrected chi connectivity index (χ0v) is 12.4. The fraction of sp³-hybridized carbons (Fsp3) is 0.615. The second-order valence-electron chi connectivity index (χ2n) is 5.10. The van der Waals surface area contributed by atoms with Gasteiger partial charge in [-0.25, -0.2) is 4.98 Å². The summed E-state index contributed by atoms with van der Waals surface area (Å²) in [5.74, 6) is 0.789. The minimum absolute atomic E-state index is 0.313. The van der Waals surface area contributed by atoms with E-state index in [1.165, 1.54) is 32.1 Å². The van der Waals surface area contributed by atoms with Crippen molar-refractivity contribution in [2.45, 2.75) is 39.0 Å². The molecule has 0 unspecified atom stereocenters. The molecule has 94 valence electrons. The van der Waals surface area contributed by atoms with Gasteiger partial charge in [-0.2, -0.15) is 0 Å². The van der Waals surface area contributed by atoms with Gasteiger partial charge >= 0.3 is 0 Å². The summed E-state index contributed by atoms with van der Waals surface area (Å²) in [6.45, 7) is 3.06. The predicted molar refractivity (Wildman–Crippen MR) is 73.6 cm³/mol. The number of halogens is 2. The van der Waals surface area contributed by atoms with Crippen molar-refractivity contribution in [1.29, 1.82) is 0 Å². The van der Waals surface area contributed by atoms with E-state index in [0.29, 0.717) is 10.6 Å². The van der Waals surface area contributed by atoms with Crippen LogP contribution in [0.5, 0.6) is 5.75 Å². The van der Waals surface area contributed by atoms with Crippen molar-refractivity contribution in [2.75, 3.05) is 6.61 Å². The summed E-state index contributed by atoms with van der Waals surface area (Å²) in [4.78, 5) is 3.99. The maximum atomic E-state index is 5.89. The number of hydrogen-bond acceptors (Lipinski definition) is 2. The summed E-state index contributed by atoms with van der Waals surface area (Å²) in [6, 6.07) is 1.76. The van der Waals surface area contributed by atoms with E-state index >= 15 is 0 Å². The normalized spacial score (nSPS) is 19.0. The predicted octanol–water partition coefficient (Wildman–Crippen LogP) is 4.85. The number of aromatic nitrogens is 1. The minimum atomic E-state index is 0.313. The lowest BCUT2D eigenvalue weighted by Gasteiger charge is -2.33. The molecular weight excluding hydrogens is 302 g/mol. The summed E-state index contributed by atoms with van der Waals surface area (Å²) in [6.07, 6.45) is 8.18. The van der Waals surface area contributed by atoms with E-state index in [-0.39, 0.29) is 0 Å². The number of pyridine rings is 1. The Hall–Kier alpha value is -0.280. The average molecular weight is 319 g/mol. The van der Waals surface area contributed by atoms with Crippen molar-refractivity contribution >= 4 is 27.5 Å². The standard InChI is InChI=1S/C13H17BrClNO/c1-13(5-3-2-4-6-13)9-17-11-7-12(15)16-8-10(11)14/h7-8H,2-6,9H2,1H3. The molecule has 0 amide bonds. The molecule has 2 nitrogen and oxygen atoms in total. The maximum absolute atomic E-state index is 5.89. The summed E-state index contributed by atoms with van der Waals surface area (Å²) < 4.78 is 6.75. The third-order valence-electron chi connectivity index (χ3n) is 3.42. The smallest absolute Gasteiger partial charge is 0.138 e. The fourth-order valence-corrected chi connectivity index (χ4v) is 2.79. The molecule has 17 heavy (non-hydrogen) atoms. The monoisotopic (exact) mass is 317 g/mol. The van der Waals surface area contributed by atoms with Gasteiger partial charge in [-0.1, -0.05) is 37.8 Å². The molecule has 4 heteroatoms. The lowest BCUT2D eigenvalue weighted by Crippen LogP contribution is -2.27. The van der Waals surface area contributed by atoms with Gasteiger partial charge < -0.3 is 4.74 Å². The Balaban J connectivity index is 1.99. The number of hydrogen-bond donors (Lipinski definition) is 0. The van der Waals surface area contributed by atoms with Crippen molar-refractivity contribution < 1.29 is 4.74 Å². The third kappa shape index (κ3) is 3.59. The third-order valence-corrected chi connectivity index (χ3v) is 4.23. The fourth-order valence-electron chi connectivity index (χ4n) is 2.31. The Morgan fingerprint density at radius 2 is 2.12 bits per heavy atom. The quantitative estimate of drug-likeness (QED) is 0.743. The van der Waals surface area contributed by atoms with Crippen LogP contribution in [0.3, 0.4) is 0 Å². The first-order valence-electron chi connectivity index (χ1n) is 6.03. The van der Waals surface area contributed by atoms with Gasteiger partial charge in [-0.05, 0) is 28.8 Å². The number of rotatable bonds is 3. The highest BCUT2D eigenvalue weighted by molar-refractivity contribution is 9.10.